The van der Waals surface area contributed by atoms with E-state index in [4.69, 9.17) is 0 Å². The van der Waals surface area contributed by atoms with Crippen molar-refractivity contribution in [1.29, 1.82) is 0 Å². The number of benzene rings is 2. The highest BCUT2D eigenvalue weighted by Gasteiger charge is 2.20. The van der Waals surface area contributed by atoms with Crippen LogP contribution < -0.4 is 0 Å². The number of amides is 1. The first-order valence-electron chi connectivity index (χ1n) is 7.58. The van der Waals surface area contributed by atoms with Crippen LogP contribution in [0.2, 0.25) is 0 Å². The number of carbonyl (C=O) groups is 1. The van der Waals surface area contributed by atoms with Gasteiger partial charge < -0.3 is 4.90 Å². The lowest BCUT2D eigenvalue weighted by Crippen LogP contribution is -2.26. The monoisotopic (exact) mass is 340 g/mol. The molecule has 3 aromatic rings. The molecule has 0 N–H and O–H groups in total. The van der Waals surface area contributed by atoms with Crippen molar-refractivity contribution in [2.24, 2.45) is 0 Å². The molecule has 3 rings (SSSR count). The molecule has 0 spiro atoms. The summed E-state index contributed by atoms with van der Waals surface area (Å²) in [6, 6.07) is 16.3. The molecule has 122 valence electrons. The number of aryl methyl sites for hydroxylation is 1. The fourth-order valence-electron chi connectivity index (χ4n) is 2.43. The van der Waals surface area contributed by atoms with E-state index in [1.807, 2.05) is 37.3 Å². The van der Waals surface area contributed by atoms with Crippen molar-refractivity contribution in [2.75, 3.05) is 7.05 Å². The molecule has 0 aliphatic rings. The molecule has 0 radical (unpaired) electrons. The molecule has 0 aliphatic heterocycles. The lowest BCUT2D eigenvalue weighted by Gasteiger charge is -2.17. The van der Waals surface area contributed by atoms with Crippen molar-refractivity contribution in [2.45, 2.75) is 13.5 Å². The van der Waals surface area contributed by atoms with E-state index in [-0.39, 0.29) is 18.3 Å². The summed E-state index contributed by atoms with van der Waals surface area (Å²) in [6.45, 7) is 2.05. The van der Waals surface area contributed by atoms with Crippen LogP contribution >= 0.6 is 11.3 Å². The molecule has 0 fully saturated rings. The molecule has 0 saturated heterocycles. The second-order valence-electron chi connectivity index (χ2n) is 5.55. The first-order chi connectivity index (χ1) is 11.6. The Morgan fingerprint density at radius 2 is 1.79 bits per heavy atom. The number of nitrogens with zero attached hydrogens (tertiary/aromatic N) is 2. The Bertz CT molecular complexity index is 861. The summed E-state index contributed by atoms with van der Waals surface area (Å²) >= 11 is 1.37. The summed E-state index contributed by atoms with van der Waals surface area (Å²) in [5.41, 5.74) is 2.18. The third-order valence-electron chi connectivity index (χ3n) is 3.72. The van der Waals surface area contributed by atoms with Crippen molar-refractivity contribution >= 4 is 17.2 Å². The highest BCUT2D eigenvalue weighted by atomic mass is 32.1. The van der Waals surface area contributed by atoms with Gasteiger partial charge in [-0.15, -0.1) is 11.3 Å². The van der Waals surface area contributed by atoms with Crippen LogP contribution in [0.15, 0.2) is 54.6 Å². The first kappa shape index (κ1) is 16.3. The molecule has 5 heteroatoms. The molecule has 1 heterocycles. The zero-order chi connectivity index (χ0) is 17.1. The lowest BCUT2D eigenvalue weighted by molar-refractivity contribution is 0.0787. The minimum Gasteiger partial charge on any atom is -0.337 e. The van der Waals surface area contributed by atoms with Crippen LogP contribution in [0.4, 0.5) is 4.39 Å². The number of aromatic nitrogens is 1. The van der Waals surface area contributed by atoms with Gasteiger partial charge in [0.05, 0.1) is 5.69 Å². The van der Waals surface area contributed by atoms with Crippen LogP contribution in [0.1, 0.15) is 20.9 Å². The summed E-state index contributed by atoms with van der Waals surface area (Å²) in [5.74, 6) is -0.446. The number of thiazole rings is 1. The normalized spacial score (nSPS) is 10.6. The Hall–Kier alpha value is -2.53. The zero-order valence-electron chi connectivity index (χ0n) is 13.5. The molecule has 3 nitrogen and oxygen atoms in total. The van der Waals surface area contributed by atoms with Crippen LogP contribution in [-0.4, -0.2) is 22.8 Å². The van der Waals surface area contributed by atoms with Gasteiger partial charge in [-0.05, 0) is 13.0 Å². The van der Waals surface area contributed by atoms with E-state index in [0.29, 0.717) is 16.1 Å². The molecule has 0 saturated carbocycles. The van der Waals surface area contributed by atoms with Crippen molar-refractivity contribution in [3.8, 4) is 10.6 Å². The van der Waals surface area contributed by atoms with Gasteiger partial charge in [-0.1, -0.05) is 48.5 Å². The van der Waals surface area contributed by atoms with Gasteiger partial charge in [0.2, 0.25) is 0 Å². The summed E-state index contributed by atoms with van der Waals surface area (Å²) < 4.78 is 13.8. The molecular formula is C19H17FN2OS. The van der Waals surface area contributed by atoms with Gasteiger partial charge in [0.15, 0.2) is 0 Å². The van der Waals surface area contributed by atoms with Crippen molar-refractivity contribution < 1.29 is 9.18 Å². The Kier molecular flexibility index (Phi) is 4.71. The summed E-state index contributed by atoms with van der Waals surface area (Å²) in [4.78, 5) is 19.3. The summed E-state index contributed by atoms with van der Waals surface area (Å²) in [6.07, 6.45) is 0. The number of hydrogen-bond acceptors (Lipinski definition) is 3. The molecule has 24 heavy (non-hydrogen) atoms. The lowest BCUT2D eigenvalue weighted by atomic mass is 10.2. The van der Waals surface area contributed by atoms with Gasteiger partial charge >= 0.3 is 0 Å². The number of carbonyl (C=O) groups excluding carboxylic acids is 1. The zero-order valence-corrected chi connectivity index (χ0v) is 14.3. The second kappa shape index (κ2) is 6.93. The van der Waals surface area contributed by atoms with Crippen molar-refractivity contribution in [3.63, 3.8) is 0 Å². The third kappa shape index (κ3) is 3.36. The largest absolute Gasteiger partial charge is 0.337 e. The molecule has 0 atom stereocenters. The van der Waals surface area contributed by atoms with Gasteiger partial charge in [0.1, 0.15) is 15.7 Å². The molecule has 1 aromatic heterocycles. The number of rotatable bonds is 4. The topological polar surface area (TPSA) is 33.2 Å². The SMILES string of the molecule is Cc1nc(-c2ccccc2)sc1C(=O)N(C)Cc1ccccc1F. The van der Waals surface area contributed by atoms with E-state index < -0.39 is 0 Å². The van der Waals surface area contributed by atoms with Gasteiger partial charge in [0.25, 0.3) is 5.91 Å². The van der Waals surface area contributed by atoms with Crippen LogP contribution in [0.3, 0.4) is 0 Å². The molecule has 1 amide bonds. The average Bonchev–Trinajstić information content (AvgIpc) is 2.99. The van der Waals surface area contributed by atoms with E-state index >= 15 is 0 Å². The van der Waals surface area contributed by atoms with E-state index in [0.717, 1.165) is 10.6 Å². The highest BCUT2D eigenvalue weighted by Crippen LogP contribution is 2.28. The summed E-state index contributed by atoms with van der Waals surface area (Å²) in [5, 5.41) is 0.816. The smallest absolute Gasteiger partial charge is 0.265 e. The Balaban J connectivity index is 1.82. The number of hydrogen-bond donors (Lipinski definition) is 0. The quantitative estimate of drug-likeness (QED) is 0.699. The first-order valence-corrected chi connectivity index (χ1v) is 8.39. The Morgan fingerprint density at radius 1 is 1.12 bits per heavy atom. The van der Waals surface area contributed by atoms with E-state index in [9.17, 15) is 9.18 Å². The van der Waals surface area contributed by atoms with Crippen LogP contribution in [0.5, 0.6) is 0 Å². The van der Waals surface area contributed by atoms with Gasteiger partial charge in [-0.25, -0.2) is 9.37 Å². The van der Waals surface area contributed by atoms with Gasteiger partial charge in [-0.2, -0.15) is 0 Å². The fourth-order valence-corrected chi connectivity index (χ4v) is 3.49. The second-order valence-corrected chi connectivity index (χ2v) is 6.55. The van der Waals surface area contributed by atoms with Gasteiger partial charge in [0, 0.05) is 24.7 Å². The van der Waals surface area contributed by atoms with E-state index in [2.05, 4.69) is 4.98 Å². The van der Waals surface area contributed by atoms with Crippen LogP contribution in [0.25, 0.3) is 10.6 Å². The summed E-state index contributed by atoms with van der Waals surface area (Å²) in [7, 11) is 1.68. The van der Waals surface area contributed by atoms with E-state index in [1.165, 1.54) is 22.3 Å². The highest BCUT2D eigenvalue weighted by molar-refractivity contribution is 7.17. The maximum atomic E-state index is 13.8. The fraction of sp³-hybridized carbons (Fsp3) is 0.158. The third-order valence-corrected chi connectivity index (χ3v) is 4.92. The maximum absolute atomic E-state index is 13.8. The average molecular weight is 340 g/mol. The van der Waals surface area contributed by atoms with Crippen molar-refractivity contribution in [3.05, 3.63) is 76.5 Å². The number of halogens is 1. The Morgan fingerprint density at radius 3 is 2.50 bits per heavy atom. The minimum atomic E-state index is -0.303. The predicted octanol–water partition coefficient (Wildman–Crippen LogP) is 4.53. The van der Waals surface area contributed by atoms with Crippen LogP contribution in [-0.2, 0) is 6.54 Å². The van der Waals surface area contributed by atoms with Gasteiger partial charge in [-0.3, -0.25) is 4.79 Å². The minimum absolute atomic E-state index is 0.143. The standard InChI is InChI=1S/C19H17FN2OS/c1-13-17(24-18(21-13)14-8-4-3-5-9-14)19(23)22(2)12-15-10-6-7-11-16(15)20/h3-11H,12H2,1-2H3. The predicted molar refractivity (Wildman–Crippen MR) is 94.5 cm³/mol. The van der Waals surface area contributed by atoms with E-state index in [1.54, 1.807) is 25.2 Å². The Labute approximate surface area is 144 Å². The molecule has 0 unspecified atom stereocenters. The molecular weight excluding hydrogens is 323 g/mol. The van der Waals surface area contributed by atoms with Crippen LogP contribution in [0, 0.1) is 12.7 Å². The molecule has 2 aromatic carbocycles. The molecule has 0 aliphatic carbocycles. The maximum Gasteiger partial charge on any atom is 0.265 e. The van der Waals surface area contributed by atoms with Crippen molar-refractivity contribution in [1.82, 2.24) is 9.88 Å². The molecule has 0 bridgehead atoms.